The molecule has 2 rings (SSSR count). The summed E-state index contributed by atoms with van der Waals surface area (Å²) in [6.07, 6.45) is 1.15. The van der Waals surface area contributed by atoms with Crippen LogP contribution in [0.5, 0.6) is 0 Å². The Kier molecular flexibility index (Phi) is 3.30. The molecule has 0 saturated heterocycles. The molecule has 0 amide bonds. The molecule has 2 aromatic rings. The maximum absolute atomic E-state index is 9.94. The van der Waals surface area contributed by atoms with Gasteiger partial charge in [-0.05, 0) is 5.56 Å². The molecule has 0 fully saturated rings. The summed E-state index contributed by atoms with van der Waals surface area (Å²) in [5, 5.41) is 17.1. The minimum atomic E-state index is -0.572. The molecule has 5 heteroatoms. The number of hydrogen-bond donors (Lipinski definition) is 3. The Bertz CT molecular complexity index is 481. The molecule has 0 aliphatic rings. The predicted octanol–water partition coefficient (Wildman–Crippen LogP) is 1.15. The molecule has 0 saturated carbocycles. The van der Waals surface area contributed by atoms with Gasteiger partial charge in [-0.2, -0.15) is 5.10 Å². The second-order valence-corrected chi connectivity index (χ2v) is 3.91. The van der Waals surface area contributed by atoms with Gasteiger partial charge in [0.05, 0.1) is 11.8 Å². The highest BCUT2D eigenvalue weighted by molar-refractivity contribution is 5.59. The van der Waals surface area contributed by atoms with E-state index < -0.39 is 6.10 Å². The molecule has 17 heavy (non-hydrogen) atoms. The summed E-state index contributed by atoms with van der Waals surface area (Å²) < 4.78 is 1.63. The smallest absolute Gasteiger partial charge is 0.171 e. The van der Waals surface area contributed by atoms with Gasteiger partial charge in [-0.15, -0.1) is 0 Å². The van der Waals surface area contributed by atoms with E-state index in [1.54, 1.807) is 17.9 Å². The average molecular weight is 232 g/mol. The predicted molar refractivity (Wildman–Crippen MR) is 67.5 cm³/mol. The number of hydrogen-bond acceptors (Lipinski definition) is 4. The summed E-state index contributed by atoms with van der Waals surface area (Å²) in [4.78, 5) is 0. The van der Waals surface area contributed by atoms with Crippen LogP contribution in [0.4, 0.5) is 11.5 Å². The van der Waals surface area contributed by atoms with Crippen molar-refractivity contribution in [1.82, 2.24) is 9.78 Å². The van der Waals surface area contributed by atoms with Gasteiger partial charge in [-0.1, -0.05) is 30.3 Å². The molecule has 1 aromatic carbocycles. The first-order valence-corrected chi connectivity index (χ1v) is 5.43. The second-order valence-electron chi connectivity index (χ2n) is 3.91. The third-order valence-corrected chi connectivity index (χ3v) is 2.50. The quantitative estimate of drug-likeness (QED) is 0.739. The summed E-state index contributed by atoms with van der Waals surface area (Å²) in [5.41, 5.74) is 7.19. The highest BCUT2D eigenvalue weighted by Crippen LogP contribution is 2.17. The summed E-state index contributed by atoms with van der Waals surface area (Å²) >= 11 is 0. The van der Waals surface area contributed by atoms with Crippen molar-refractivity contribution in [2.45, 2.75) is 6.10 Å². The molecule has 90 valence electrons. The fraction of sp³-hybridized carbons (Fsp3) is 0.250. The van der Waals surface area contributed by atoms with Gasteiger partial charge in [0, 0.05) is 19.8 Å². The van der Waals surface area contributed by atoms with E-state index in [2.05, 4.69) is 10.4 Å². The molecule has 1 aromatic heterocycles. The Balaban J connectivity index is 1.97. The molecule has 5 nitrogen and oxygen atoms in total. The Morgan fingerprint density at radius 2 is 2.12 bits per heavy atom. The lowest BCUT2D eigenvalue weighted by atomic mass is 10.1. The molecule has 0 radical (unpaired) electrons. The van der Waals surface area contributed by atoms with Crippen LogP contribution < -0.4 is 11.1 Å². The highest BCUT2D eigenvalue weighted by Gasteiger charge is 2.09. The summed E-state index contributed by atoms with van der Waals surface area (Å²) in [6.45, 7) is 0.380. The number of aryl methyl sites for hydroxylation is 1. The standard InChI is InChI=1S/C12H16N4O/c1-16-8-10(13)12(15-16)14-7-11(17)9-5-3-2-4-6-9/h2-6,8,11,17H,7,13H2,1H3,(H,14,15). The summed E-state index contributed by atoms with van der Waals surface area (Å²) in [5.74, 6) is 0.600. The topological polar surface area (TPSA) is 76.1 Å². The van der Waals surface area contributed by atoms with Crippen molar-refractivity contribution in [3.05, 3.63) is 42.1 Å². The van der Waals surface area contributed by atoms with Gasteiger partial charge in [0.25, 0.3) is 0 Å². The van der Waals surface area contributed by atoms with Crippen LogP contribution in [0.25, 0.3) is 0 Å². The monoisotopic (exact) mass is 232 g/mol. The number of benzene rings is 1. The normalized spacial score (nSPS) is 12.4. The molecule has 1 heterocycles. The van der Waals surface area contributed by atoms with Gasteiger partial charge in [0.15, 0.2) is 5.82 Å². The molecular formula is C12H16N4O. The van der Waals surface area contributed by atoms with Crippen LogP contribution in [-0.4, -0.2) is 21.4 Å². The summed E-state index contributed by atoms with van der Waals surface area (Å²) in [7, 11) is 1.80. The molecule has 0 aliphatic carbocycles. The van der Waals surface area contributed by atoms with E-state index in [-0.39, 0.29) is 0 Å². The van der Waals surface area contributed by atoms with Gasteiger partial charge >= 0.3 is 0 Å². The van der Waals surface area contributed by atoms with Crippen molar-refractivity contribution in [2.75, 3.05) is 17.6 Å². The first-order valence-electron chi connectivity index (χ1n) is 5.43. The van der Waals surface area contributed by atoms with E-state index in [1.807, 2.05) is 30.3 Å². The van der Waals surface area contributed by atoms with E-state index in [1.165, 1.54) is 0 Å². The van der Waals surface area contributed by atoms with E-state index >= 15 is 0 Å². The molecular weight excluding hydrogens is 216 g/mol. The Labute approximate surface area is 99.9 Å². The van der Waals surface area contributed by atoms with Crippen LogP contribution in [0.1, 0.15) is 11.7 Å². The number of nitrogens with two attached hydrogens (primary N) is 1. The van der Waals surface area contributed by atoms with E-state index in [0.29, 0.717) is 18.1 Å². The zero-order chi connectivity index (χ0) is 12.3. The first-order chi connectivity index (χ1) is 8.16. The molecule has 4 N–H and O–H groups in total. The lowest BCUT2D eigenvalue weighted by molar-refractivity contribution is 0.191. The van der Waals surface area contributed by atoms with Gasteiger partial charge in [0.1, 0.15) is 0 Å². The molecule has 1 atom stereocenters. The van der Waals surface area contributed by atoms with E-state index in [9.17, 15) is 5.11 Å². The van der Waals surface area contributed by atoms with E-state index in [4.69, 9.17) is 5.73 Å². The third kappa shape index (κ3) is 2.76. The lowest BCUT2D eigenvalue weighted by Crippen LogP contribution is -2.13. The van der Waals surface area contributed by atoms with Crippen LogP contribution >= 0.6 is 0 Å². The van der Waals surface area contributed by atoms with Crippen LogP contribution in [0, 0.1) is 0 Å². The van der Waals surface area contributed by atoms with Crippen molar-refractivity contribution in [3.63, 3.8) is 0 Å². The number of anilines is 2. The van der Waals surface area contributed by atoms with Gasteiger partial charge in [0.2, 0.25) is 0 Å². The van der Waals surface area contributed by atoms with Crippen LogP contribution in [0.2, 0.25) is 0 Å². The number of nitrogens with one attached hydrogen (secondary N) is 1. The number of aromatic nitrogens is 2. The van der Waals surface area contributed by atoms with Crippen molar-refractivity contribution >= 4 is 11.5 Å². The highest BCUT2D eigenvalue weighted by atomic mass is 16.3. The fourth-order valence-corrected chi connectivity index (χ4v) is 1.63. The SMILES string of the molecule is Cn1cc(N)c(NCC(O)c2ccccc2)n1. The Hall–Kier alpha value is -2.01. The minimum absolute atomic E-state index is 0.380. The number of nitrogen functional groups attached to an aromatic ring is 1. The van der Waals surface area contributed by atoms with Crippen molar-refractivity contribution in [1.29, 1.82) is 0 Å². The fourth-order valence-electron chi connectivity index (χ4n) is 1.63. The van der Waals surface area contributed by atoms with Crippen molar-refractivity contribution in [2.24, 2.45) is 7.05 Å². The number of aliphatic hydroxyl groups excluding tert-OH is 1. The Morgan fingerprint density at radius 1 is 1.41 bits per heavy atom. The number of rotatable bonds is 4. The zero-order valence-electron chi connectivity index (χ0n) is 9.67. The van der Waals surface area contributed by atoms with Crippen LogP contribution in [0.3, 0.4) is 0 Å². The molecule has 0 bridgehead atoms. The summed E-state index contributed by atoms with van der Waals surface area (Å²) in [6, 6.07) is 9.48. The largest absolute Gasteiger partial charge is 0.394 e. The van der Waals surface area contributed by atoms with Crippen molar-refractivity contribution in [3.8, 4) is 0 Å². The number of aliphatic hydroxyl groups is 1. The maximum Gasteiger partial charge on any atom is 0.171 e. The second kappa shape index (κ2) is 4.88. The van der Waals surface area contributed by atoms with Gasteiger partial charge in [-0.3, -0.25) is 4.68 Å². The Morgan fingerprint density at radius 3 is 2.71 bits per heavy atom. The average Bonchev–Trinajstić information content (AvgIpc) is 2.66. The molecule has 0 spiro atoms. The van der Waals surface area contributed by atoms with Gasteiger partial charge in [-0.25, -0.2) is 0 Å². The van der Waals surface area contributed by atoms with Crippen molar-refractivity contribution < 1.29 is 5.11 Å². The lowest BCUT2D eigenvalue weighted by Gasteiger charge is -2.11. The zero-order valence-corrected chi connectivity index (χ0v) is 9.67. The number of nitrogens with zero attached hydrogens (tertiary/aromatic N) is 2. The van der Waals surface area contributed by atoms with E-state index in [0.717, 1.165) is 5.56 Å². The van der Waals surface area contributed by atoms with Crippen LogP contribution in [0.15, 0.2) is 36.5 Å². The first kappa shape index (κ1) is 11.5. The molecule has 1 unspecified atom stereocenters. The minimum Gasteiger partial charge on any atom is -0.394 e. The molecule has 0 aliphatic heterocycles. The maximum atomic E-state index is 9.94. The third-order valence-electron chi connectivity index (χ3n) is 2.50. The van der Waals surface area contributed by atoms with Crippen LogP contribution in [-0.2, 0) is 7.05 Å². The van der Waals surface area contributed by atoms with Gasteiger partial charge < -0.3 is 16.2 Å².